The fourth-order valence-electron chi connectivity index (χ4n) is 1.52. The highest BCUT2D eigenvalue weighted by atomic mass is 16.5. The van der Waals surface area contributed by atoms with Gasteiger partial charge in [0.15, 0.2) is 0 Å². The average Bonchev–Trinajstić information content (AvgIpc) is 2.43. The maximum absolute atomic E-state index is 10.8. The smallest absolute Gasteiger partial charge is 0.407 e. The van der Waals surface area contributed by atoms with E-state index in [0.717, 1.165) is 4.90 Å². The van der Waals surface area contributed by atoms with Gasteiger partial charge in [-0.25, -0.2) is 4.79 Å². The molecule has 4 N–H and O–H groups in total. The molecule has 0 heterocycles. The van der Waals surface area contributed by atoms with Gasteiger partial charge >= 0.3 is 6.09 Å². The van der Waals surface area contributed by atoms with Crippen molar-refractivity contribution in [2.24, 2.45) is 0 Å². The monoisotopic (exact) mass is 284 g/mol. The van der Waals surface area contributed by atoms with Gasteiger partial charge in [0, 0.05) is 13.1 Å². The van der Waals surface area contributed by atoms with Crippen molar-refractivity contribution in [3.63, 3.8) is 0 Å². The molecule has 0 atom stereocenters. The zero-order valence-corrected chi connectivity index (χ0v) is 11.2. The third-order valence-corrected chi connectivity index (χ3v) is 2.55. The van der Waals surface area contributed by atoms with Crippen LogP contribution in [0.4, 0.5) is 10.5 Å². The maximum Gasteiger partial charge on any atom is 0.407 e. The number of hydrogen-bond donors (Lipinski definition) is 3. The van der Waals surface area contributed by atoms with Gasteiger partial charge in [-0.3, -0.25) is 0 Å². The minimum Gasteiger partial charge on any atom is -0.489 e. The predicted octanol–water partition coefficient (Wildman–Crippen LogP) is 0.637. The van der Waals surface area contributed by atoms with Crippen LogP contribution < -0.4 is 10.5 Å². The quantitative estimate of drug-likeness (QED) is 0.454. The molecule has 0 aliphatic carbocycles. The SMILES string of the molecule is Nc1ccccc1OCCOCCN(CCO)C(=O)O. The molecule has 0 aliphatic rings. The zero-order chi connectivity index (χ0) is 14.8. The van der Waals surface area contributed by atoms with Crippen molar-refractivity contribution in [1.82, 2.24) is 4.90 Å². The molecule has 0 bridgehead atoms. The van der Waals surface area contributed by atoms with Crippen LogP contribution in [0.3, 0.4) is 0 Å². The number of hydrogen-bond acceptors (Lipinski definition) is 5. The second kappa shape index (κ2) is 9.00. The van der Waals surface area contributed by atoms with Gasteiger partial charge in [0.2, 0.25) is 0 Å². The van der Waals surface area contributed by atoms with Crippen molar-refractivity contribution in [1.29, 1.82) is 0 Å². The molecule has 112 valence electrons. The van der Waals surface area contributed by atoms with Crippen LogP contribution in [0.25, 0.3) is 0 Å². The summed E-state index contributed by atoms with van der Waals surface area (Å²) in [5.41, 5.74) is 6.27. The number of para-hydroxylation sites is 2. The topological polar surface area (TPSA) is 105 Å². The van der Waals surface area contributed by atoms with Gasteiger partial charge in [-0.2, -0.15) is 0 Å². The largest absolute Gasteiger partial charge is 0.489 e. The van der Waals surface area contributed by atoms with Gasteiger partial charge in [-0.15, -0.1) is 0 Å². The Kier molecular flexibility index (Phi) is 7.23. The van der Waals surface area contributed by atoms with Crippen molar-refractivity contribution in [3.05, 3.63) is 24.3 Å². The van der Waals surface area contributed by atoms with E-state index in [9.17, 15) is 4.79 Å². The van der Waals surface area contributed by atoms with Gasteiger partial charge < -0.3 is 30.3 Å². The molecular formula is C13H20N2O5. The molecular weight excluding hydrogens is 264 g/mol. The van der Waals surface area contributed by atoms with E-state index in [1.54, 1.807) is 12.1 Å². The van der Waals surface area contributed by atoms with E-state index in [0.29, 0.717) is 24.7 Å². The van der Waals surface area contributed by atoms with E-state index in [1.165, 1.54) is 0 Å². The molecule has 0 aliphatic heterocycles. The van der Waals surface area contributed by atoms with Crippen molar-refractivity contribution in [2.45, 2.75) is 0 Å². The lowest BCUT2D eigenvalue weighted by Gasteiger charge is -2.17. The number of aliphatic hydroxyl groups excluding tert-OH is 1. The molecule has 0 radical (unpaired) electrons. The summed E-state index contributed by atoms with van der Waals surface area (Å²) in [4.78, 5) is 11.8. The fourth-order valence-corrected chi connectivity index (χ4v) is 1.52. The number of nitrogens with zero attached hydrogens (tertiary/aromatic N) is 1. The maximum atomic E-state index is 10.8. The van der Waals surface area contributed by atoms with Gasteiger partial charge in [-0.05, 0) is 12.1 Å². The van der Waals surface area contributed by atoms with E-state index in [-0.39, 0.29) is 26.3 Å². The summed E-state index contributed by atoms with van der Waals surface area (Å²) in [6.45, 7) is 1.00. The summed E-state index contributed by atoms with van der Waals surface area (Å²) in [7, 11) is 0. The molecule has 0 saturated carbocycles. The molecule has 7 heteroatoms. The highest BCUT2D eigenvalue weighted by Crippen LogP contribution is 2.19. The van der Waals surface area contributed by atoms with E-state index in [1.807, 2.05) is 12.1 Å². The van der Waals surface area contributed by atoms with Crippen molar-refractivity contribution >= 4 is 11.8 Å². The highest BCUT2D eigenvalue weighted by molar-refractivity contribution is 5.64. The molecule has 1 amide bonds. The van der Waals surface area contributed by atoms with E-state index in [2.05, 4.69) is 0 Å². The van der Waals surface area contributed by atoms with Crippen molar-refractivity contribution in [2.75, 3.05) is 45.3 Å². The third kappa shape index (κ3) is 5.77. The number of rotatable bonds is 9. The third-order valence-electron chi connectivity index (χ3n) is 2.55. The van der Waals surface area contributed by atoms with Crippen LogP contribution in [0.1, 0.15) is 0 Å². The van der Waals surface area contributed by atoms with Crippen LogP contribution in [0.15, 0.2) is 24.3 Å². The number of amides is 1. The predicted molar refractivity (Wildman–Crippen MR) is 73.9 cm³/mol. The number of benzene rings is 1. The Balaban J connectivity index is 2.13. The highest BCUT2D eigenvalue weighted by Gasteiger charge is 2.09. The van der Waals surface area contributed by atoms with Crippen LogP contribution in [-0.2, 0) is 4.74 Å². The second-order valence-corrected chi connectivity index (χ2v) is 3.99. The summed E-state index contributed by atoms with van der Waals surface area (Å²) in [5, 5.41) is 17.5. The molecule has 0 fully saturated rings. The molecule has 1 aromatic carbocycles. The van der Waals surface area contributed by atoms with E-state index >= 15 is 0 Å². The van der Waals surface area contributed by atoms with Crippen LogP contribution in [-0.4, -0.2) is 60.7 Å². The summed E-state index contributed by atoms with van der Waals surface area (Å²) in [6.07, 6.45) is -1.07. The minimum atomic E-state index is -1.07. The standard InChI is InChI=1S/C13H20N2O5/c14-11-3-1-2-4-12(11)20-10-9-19-8-6-15(5-7-16)13(17)18/h1-4,16H,5-10,14H2,(H,17,18). The van der Waals surface area contributed by atoms with Crippen LogP contribution in [0.5, 0.6) is 5.75 Å². The molecule has 0 aromatic heterocycles. The molecule has 0 saturated heterocycles. The number of carbonyl (C=O) groups is 1. The first kappa shape index (κ1) is 16.1. The number of anilines is 1. The molecule has 20 heavy (non-hydrogen) atoms. The Morgan fingerprint density at radius 1 is 1.20 bits per heavy atom. The first-order valence-corrected chi connectivity index (χ1v) is 6.29. The normalized spacial score (nSPS) is 10.2. The Labute approximate surface area is 117 Å². The van der Waals surface area contributed by atoms with Gasteiger partial charge in [0.05, 0.1) is 25.5 Å². The van der Waals surface area contributed by atoms with Gasteiger partial charge in [0.1, 0.15) is 12.4 Å². The second-order valence-electron chi connectivity index (χ2n) is 3.99. The molecule has 0 unspecified atom stereocenters. The van der Waals surface area contributed by atoms with Gasteiger partial charge in [-0.1, -0.05) is 12.1 Å². The van der Waals surface area contributed by atoms with Crippen LogP contribution in [0.2, 0.25) is 0 Å². The van der Waals surface area contributed by atoms with Gasteiger partial charge in [0.25, 0.3) is 0 Å². The average molecular weight is 284 g/mol. The Bertz CT molecular complexity index is 414. The zero-order valence-electron chi connectivity index (χ0n) is 11.2. The Hall–Kier alpha value is -1.99. The lowest BCUT2D eigenvalue weighted by molar-refractivity contribution is 0.0718. The lowest BCUT2D eigenvalue weighted by Crippen LogP contribution is -2.35. The number of nitrogen functional groups attached to an aromatic ring is 1. The fraction of sp³-hybridized carbons (Fsp3) is 0.462. The molecule has 1 aromatic rings. The number of carboxylic acid groups (broad SMARTS) is 1. The molecule has 1 rings (SSSR count). The van der Waals surface area contributed by atoms with Crippen molar-refractivity contribution in [3.8, 4) is 5.75 Å². The summed E-state index contributed by atoms with van der Waals surface area (Å²) >= 11 is 0. The lowest BCUT2D eigenvalue weighted by atomic mass is 10.3. The summed E-state index contributed by atoms with van der Waals surface area (Å²) in [6, 6.07) is 7.16. The van der Waals surface area contributed by atoms with Crippen LogP contribution in [0, 0.1) is 0 Å². The number of nitrogens with two attached hydrogens (primary N) is 1. The Morgan fingerprint density at radius 2 is 1.95 bits per heavy atom. The molecule has 0 spiro atoms. The first-order valence-electron chi connectivity index (χ1n) is 6.29. The van der Waals surface area contributed by atoms with Crippen molar-refractivity contribution < 1.29 is 24.5 Å². The molecule has 7 nitrogen and oxygen atoms in total. The summed E-state index contributed by atoms with van der Waals surface area (Å²) < 4.78 is 10.7. The summed E-state index contributed by atoms with van der Waals surface area (Å²) in [5.74, 6) is 0.601. The Morgan fingerprint density at radius 3 is 2.60 bits per heavy atom. The van der Waals surface area contributed by atoms with Crippen LogP contribution >= 0.6 is 0 Å². The first-order chi connectivity index (χ1) is 9.65. The van der Waals surface area contributed by atoms with E-state index in [4.69, 9.17) is 25.4 Å². The number of aliphatic hydroxyl groups is 1. The number of ether oxygens (including phenoxy) is 2. The minimum absolute atomic E-state index is 0.0791. The van der Waals surface area contributed by atoms with E-state index < -0.39 is 6.09 Å².